The fourth-order valence-corrected chi connectivity index (χ4v) is 4.72. The van der Waals surface area contributed by atoms with Gasteiger partial charge in [0.2, 0.25) is 0 Å². The van der Waals surface area contributed by atoms with Crippen LogP contribution in [0.4, 0.5) is 14.5 Å². The minimum atomic E-state index is -0.363. The number of amides is 1. The number of carbonyl (C=O) groups is 1. The summed E-state index contributed by atoms with van der Waals surface area (Å²) in [6.45, 7) is 0. The predicted molar refractivity (Wildman–Crippen MR) is 141 cm³/mol. The van der Waals surface area contributed by atoms with E-state index in [4.69, 9.17) is 0 Å². The van der Waals surface area contributed by atoms with Gasteiger partial charge in [-0.1, -0.05) is 66.4 Å². The van der Waals surface area contributed by atoms with Crippen LogP contribution < -0.4 is 5.32 Å². The van der Waals surface area contributed by atoms with E-state index in [1.165, 1.54) is 42.1 Å². The molecule has 5 aromatic rings. The second-order valence-corrected chi connectivity index (χ2v) is 9.24. The molecule has 0 aliphatic rings. The molecule has 8 heteroatoms. The van der Waals surface area contributed by atoms with E-state index < -0.39 is 0 Å². The number of rotatable bonds is 8. The number of para-hydroxylation sites is 1. The van der Waals surface area contributed by atoms with Crippen molar-refractivity contribution in [2.45, 2.75) is 17.3 Å². The molecule has 4 aromatic carbocycles. The van der Waals surface area contributed by atoms with Crippen molar-refractivity contribution in [3.63, 3.8) is 0 Å². The molecule has 1 heterocycles. The van der Waals surface area contributed by atoms with E-state index in [0.717, 1.165) is 11.1 Å². The van der Waals surface area contributed by atoms with Gasteiger partial charge in [-0.05, 0) is 59.7 Å². The van der Waals surface area contributed by atoms with Crippen molar-refractivity contribution >= 4 is 23.4 Å². The van der Waals surface area contributed by atoms with Crippen LogP contribution in [0.1, 0.15) is 27.3 Å². The molecule has 0 aliphatic carbocycles. The first-order valence-electron chi connectivity index (χ1n) is 11.6. The van der Waals surface area contributed by atoms with Gasteiger partial charge in [0.1, 0.15) is 17.5 Å². The van der Waals surface area contributed by atoms with Crippen LogP contribution in [-0.4, -0.2) is 20.7 Å². The van der Waals surface area contributed by atoms with E-state index in [0.29, 0.717) is 40.1 Å². The van der Waals surface area contributed by atoms with Crippen molar-refractivity contribution in [3.05, 3.63) is 137 Å². The van der Waals surface area contributed by atoms with Gasteiger partial charge in [-0.2, -0.15) is 0 Å². The minimum absolute atomic E-state index is 0.282. The molecule has 184 valence electrons. The van der Waals surface area contributed by atoms with E-state index in [9.17, 15) is 13.6 Å². The Hall–Kier alpha value is -4.30. The highest BCUT2D eigenvalue weighted by Crippen LogP contribution is 2.28. The van der Waals surface area contributed by atoms with Gasteiger partial charge in [0.15, 0.2) is 5.16 Å². The summed E-state index contributed by atoms with van der Waals surface area (Å²) in [5.41, 5.74) is 3.42. The maximum absolute atomic E-state index is 14.8. The molecule has 0 spiro atoms. The third kappa shape index (κ3) is 5.92. The average Bonchev–Trinajstić information content (AvgIpc) is 3.31. The van der Waals surface area contributed by atoms with Crippen molar-refractivity contribution in [2.24, 2.45) is 0 Å². The first-order valence-corrected chi connectivity index (χ1v) is 12.6. The van der Waals surface area contributed by atoms with Gasteiger partial charge < -0.3 is 5.32 Å². The Morgan fingerprint density at radius 1 is 0.784 bits per heavy atom. The van der Waals surface area contributed by atoms with Gasteiger partial charge in [0, 0.05) is 23.4 Å². The van der Waals surface area contributed by atoms with E-state index in [1.54, 1.807) is 34.9 Å². The van der Waals surface area contributed by atoms with Crippen molar-refractivity contribution < 1.29 is 13.6 Å². The molecule has 1 aromatic heterocycles. The lowest BCUT2D eigenvalue weighted by molar-refractivity contribution is 0.102. The first-order chi connectivity index (χ1) is 18.1. The number of nitrogens with zero attached hydrogens (tertiary/aromatic N) is 3. The number of hydrogen-bond acceptors (Lipinski definition) is 4. The van der Waals surface area contributed by atoms with E-state index in [-0.39, 0.29) is 17.5 Å². The summed E-state index contributed by atoms with van der Waals surface area (Å²) >= 11 is 1.44. The normalized spacial score (nSPS) is 10.9. The second-order valence-electron chi connectivity index (χ2n) is 8.29. The van der Waals surface area contributed by atoms with Gasteiger partial charge >= 0.3 is 0 Å². The molecule has 0 aliphatic heterocycles. The summed E-state index contributed by atoms with van der Waals surface area (Å²) < 4.78 is 29.6. The fraction of sp³-hybridized carbons (Fsp3) is 0.0690. The van der Waals surface area contributed by atoms with Gasteiger partial charge in [-0.15, -0.1) is 10.2 Å². The Morgan fingerprint density at radius 3 is 2.22 bits per heavy atom. The molecule has 0 bridgehead atoms. The highest BCUT2D eigenvalue weighted by Gasteiger charge is 2.18. The molecule has 0 fully saturated rings. The first kappa shape index (κ1) is 24.4. The topological polar surface area (TPSA) is 59.8 Å². The number of nitrogens with one attached hydrogen (secondary N) is 1. The molecular weight excluding hydrogens is 490 g/mol. The number of hydrogen-bond donors (Lipinski definition) is 1. The molecule has 0 saturated heterocycles. The van der Waals surface area contributed by atoms with Crippen LogP contribution in [0, 0.1) is 11.6 Å². The van der Waals surface area contributed by atoms with E-state index >= 15 is 0 Å². The van der Waals surface area contributed by atoms with Crippen LogP contribution >= 0.6 is 11.8 Å². The third-order valence-corrected chi connectivity index (χ3v) is 6.69. The number of aromatic nitrogens is 3. The summed E-state index contributed by atoms with van der Waals surface area (Å²) in [5.74, 6) is 0.202. The second kappa shape index (κ2) is 11.2. The molecule has 1 amide bonds. The summed E-state index contributed by atoms with van der Waals surface area (Å²) in [6, 6.07) is 29.2. The molecule has 0 radical (unpaired) electrons. The third-order valence-electron chi connectivity index (χ3n) is 5.68. The molecule has 5 rings (SSSR count). The Morgan fingerprint density at radius 2 is 1.49 bits per heavy atom. The van der Waals surface area contributed by atoms with Crippen molar-refractivity contribution in [2.75, 3.05) is 5.32 Å². The standard InChI is InChI=1S/C29H22F2N4OS/c30-23-14-16-24(17-15-23)32-28(36)22-12-10-21(11-13-22)19-37-29-34-33-27(18-20-6-2-1-3-7-20)35(29)26-9-5-4-8-25(26)31/h1-17H,18-19H2,(H,32,36). The molecular formula is C29H22F2N4OS. The largest absolute Gasteiger partial charge is 0.322 e. The minimum Gasteiger partial charge on any atom is -0.322 e. The Kier molecular flexibility index (Phi) is 7.37. The maximum atomic E-state index is 14.8. The van der Waals surface area contributed by atoms with Gasteiger partial charge in [0.05, 0.1) is 5.69 Å². The monoisotopic (exact) mass is 512 g/mol. The quantitative estimate of drug-likeness (QED) is 0.236. The molecule has 1 N–H and O–H groups in total. The number of halogens is 2. The predicted octanol–water partition coefficient (Wildman–Crippen LogP) is 6.68. The average molecular weight is 513 g/mol. The molecule has 0 saturated carbocycles. The number of benzene rings is 4. The smallest absolute Gasteiger partial charge is 0.255 e. The van der Waals surface area contributed by atoms with Gasteiger partial charge in [0.25, 0.3) is 5.91 Å². The van der Waals surface area contributed by atoms with Crippen LogP contribution in [0.3, 0.4) is 0 Å². The fourth-order valence-electron chi connectivity index (χ4n) is 3.80. The lowest BCUT2D eigenvalue weighted by Gasteiger charge is -2.11. The zero-order valence-electron chi connectivity index (χ0n) is 19.6. The lowest BCUT2D eigenvalue weighted by Crippen LogP contribution is -2.11. The van der Waals surface area contributed by atoms with E-state index in [1.807, 2.05) is 42.5 Å². The molecule has 37 heavy (non-hydrogen) atoms. The van der Waals surface area contributed by atoms with Crippen LogP contribution in [0.2, 0.25) is 0 Å². The van der Waals surface area contributed by atoms with Crippen molar-refractivity contribution in [1.29, 1.82) is 0 Å². The number of thioether (sulfide) groups is 1. The van der Waals surface area contributed by atoms with Crippen LogP contribution in [-0.2, 0) is 12.2 Å². The Labute approximate surface area is 217 Å². The SMILES string of the molecule is O=C(Nc1ccc(F)cc1)c1ccc(CSc2nnc(Cc3ccccc3)n2-c2ccccc2F)cc1. The van der Waals surface area contributed by atoms with Gasteiger partial charge in [-0.3, -0.25) is 9.36 Å². The number of anilines is 1. The van der Waals surface area contributed by atoms with Gasteiger partial charge in [-0.25, -0.2) is 8.78 Å². The highest BCUT2D eigenvalue weighted by molar-refractivity contribution is 7.98. The highest BCUT2D eigenvalue weighted by atomic mass is 32.2. The molecule has 0 atom stereocenters. The lowest BCUT2D eigenvalue weighted by atomic mass is 10.1. The van der Waals surface area contributed by atoms with Crippen molar-refractivity contribution in [1.82, 2.24) is 14.8 Å². The Bertz CT molecular complexity index is 1500. The van der Waals surface area contributed by atoms with Crippen LogP contribution in [0.15, 0.2) is 108 Å². The maximum Gasteiger partial charge on any atom is 0.255 e. The zero-order chi connectivity index (χ0) is 25.6. The summed E-state index contributed by atoms with van der Waals surface area (Å²) in [7, 11) is 0. The Balaban J connectivity index is 1.32. The molecule has 5 nitrogen and oxygen atoms in total. The summed E-state index contributed by atoms with van der Waals surface area (Å²) in [5, 5.41) is 12.1. The van der Waals surface area contributed by atoms with Crippen molar-refractivity contribution in [3.8, 4) is 5.69 Å². The summed E-state index contributed by atoms with van der Waals surface area (Å²) in [6.07, 6.45) is 0.514. The van der Waals surface area contributed by atoms with E-state index in [2.05, 4.69) is 15.5 Å². The number of carbonyl (C=O) groups excluding carboxylic acids is 1. The van der Waals surface area contributed by atoms with Crippen LogP contribution in [0.25, 0.3) is 5.69 Å². The summed E-state index contributed by atoms with van der Waals surface area (Å²) in [4.78, 5) is 12.5. The molecule has 0 unspecified atom stereocenters. The van der Waals surface area contributed by atoms with Crippen LogP contribution in [0.5, 0.6) is 0 Å². The zero-order valence-corrected chi connectivity index (χ0v) is 20.5.